The molecule has 160 valence electrons. The van der Waals surface area contributed by atoms with Gasteiger partial charge in [0.25, 0.3) is 0 Å². The highest BCUT2D eigenvalue weighted by molar-refractivity contribution is 7.99. The molecule has 2 aromatic heterocycles. The maximum absolute atomic E-state index is 5.35. The Kier molecular flexibility index (Phi) is 5.96. The van der Waals surface area contributed by atoms with Gasteiger partial charge < -0.3 is 4.52 Å². The molecular weight excluding hydrogens is 406 g/mol. The predicted molar refractivity (Wildman–Crippen MR) is 123 cm³/mol. The van der Waals surface area contributed by atoms with Gasteiger partial charge in [-0.1, -0.05) is 92.3 Å². The minimum absolute atomic E-state index is 0.0314. The van der Waals surface area contributed by atoms with Gasteiger partial charge in [-0.25, -0.2) is 0 Å². The van der Waals surface area contributed by atoms with Crippen LogP contribution in [-0.4, -0.2) is 24.9 Å². The lowest BCUT2D eigenvalue weighted by atomic mass is 9.87. The molecule has 4 aromatic rings. The lowest BCUT2D eigenvalue weighted by Gasteiger charge is -2.19. The number of aromatic nitrogens is 5. The Bertz CT molecular complexity index is 1140. The molecule has 0 spiro atoms. The number of hydrogen-bond acceptors (Lipinski definition) is 6. The molecule has 0 fully saturated rings. The van der Waals surface area contributed by atoms with E-state index in [4.69, 9.17) is 4.52 Å². The van der Waals surface area contributed by atoms with E-state index < -0.39 is 0 Å². The van der Waals surface area contributed by atoms with Crippen molar-refractivity contribution in [2.24, 2.45) is 0 Å². The summed E-state index contributed by atoms with van der Waals surface area (Å²) in [6, 6.07) is 19.0. The number of aryl methyl sites for hydroxylation is 1. The van der Waals surface area contributed by atoms with Crippen LogP contribution < -0.4 is 0 Å². The Labute approximate surface area is 187 Å². The summed E-state index contributed by atoms with van der Waals surface area (Å²) in [6.07, 6.45) is 0. The summed E-state index contributed by atoms with van der Waals surface area (Å²) in [7, 11) is 0. The van der Waals surface area contributed by atoms with Crippen molar-refractivity contribution < 1.29 is 4.52 Å². The second kappa shape index (κ2) is 8.67. The van der Waals surface area contributed by atoms with Gasteiger partial charge >= 0.3 is 0 Å². The van der Waals surface area contributed by atoms with E-state index in [0.717, 1.165) is 16.5 Å². The number of benzene rings is 2. The number of rotatable bonds is 6. The lowest BCUT2D eigenvalue weighted by molar-refractivity contribution is 0.376. The Morgan fingerprint density at radius 1 is 1.00 bits per heavy atom. The first-order valence-electron chi connectivity index (χ1n) is 10.4. The van der Waals surface area contributed by atoms with E-state index in [0.29, 0.717) is 18.3 Å². The van der Waals surface area contributed by atoms with Crippen LogP contribution in [-0.2, 0) is 12.0 Å². The molecule has 7 heteroatoms. The van der Waals surface area contributed by atoms with Crippen LogP contribution in [0, 0.1) is 6.92 Å². The molecule has 0 radical (unpaired) electrons. The Morgan fingerprint density at radius 2 is 1.71 bits per heavy atom. The molecule has 2 aromatic carbocycles. The Hall–Kier alpha value is -2.93. The van der Waals surface area contributed by atoms with Gasteiger partial charge in [0.05, 0.1) is 11.8 Å². The fourth-order valence-electron chi connectivity index (χ4n) is 3.30. The third-order valence-corrected chi connectivity index (χ3v) is 6.15. The molecule has 6 nitrogen and oxygen atoms in total. The van der Waals surface area contributed by atoms with Gasteiger partial charge in [0, 0.05) is 5.56 Å². The van der Waals surface area contributed by atoms with Crippen molar-refractivity contribution in [3.05, 3.63) is 77.4 Å². The second-order valence-corrected chi connectivity index (χ2v) is 9.95. The molecule has 0 aliphatic carbocycles. The van der Waals surface area contributed by atoms with Crippen molar-refractivity contribution in [1.29, 1.82) is 0 Å². The third kappa shape index (κ3) is 4.88. The topological polar surface area (TPSA) is 69.6 Å². The van der Waals surface area contributed by atoms with Crippen LogP contribution in [0.15, 0.2) is 64.3 Å². The van der Waals surface area contributed by atoms with E-state index in [1.165, 1.54) is 11.1 Å². The summed E-state index contributed by atoms with van der Waals surface area (Å²) in [6.45, 7) is 11.2. The minimum Gasteiger partial charge on any atom is -0.338 e. The van der Waals surface area contributed by atoms with Gasteiger partial charge in [0.1, 0.15) is 0 Å². The summed E-state index contributed by atoms with van der Waals surface area (Å²) in [4.78, 5) is 4.36. The molecule has 4 rings (SSSR count). The SMILES string of the molecule is Cc1noc(C(C)Sc2nnc(-c3ccc(C(C)(C)C)cc3)n2Cc2ccccc2)n1. The first-order chi connectivity index (χ1) is 14.8. The average Bonchev–Trinajstić information content (AvgIpc) is 3.35. The summed E-state index contributed by atoms with van der Waals surface area (Å²) >= 11 is 1.57. The Balaban J connectivity index is 1.69. The summed E-state index contributed by atoms with van der Waals surface area (Å²) in [5.41, 5.74) is 3.64. The largest absolute Gasteiger partial charge is 0.338 e. The van der Waals surface area contributed by atoms with E-state index in [2.05, 4.69) is 82.1 Å². The first-order valence-corrected chi connectivity index (χ1v) is 11.2. The van der Waals surface area contributed by atoms with Crippen LogP contribution >= 0.6 is 11.8 Å². The molecule has 0 N–H and O–H groups in total. The van der Waals surface area contributed by atoms with Crippen molar-refractivity contribution >= 4 is 11.8 Å². The molecule has 0 bridgehead atoms. The number of thioether (sulfide) groups is 1. The monoisotopic (exact) mass is 433 g/mol. The number of hydrogen-bond donors (Lipinski definition) is 0. The summed E-state index contributed by atoms with van der Waals surface area (Å²) < 4.78 is 7.51. The highest BCUT2D eigenvalue weighted by Crippen LogP contribution is 2.35. The zero-order chi connectivity index (χ0) is 22.0. The number of nitrogens with zero attached hydrogens (tertiary/aromatic N) is 5. The maximum Gasteiger partial charge on any atom is 0.239 e. The quantitative estimate of drug-likeness (QED) is 0.356. The van der Waals surface area contributed by atoms with Crippen LogP contribution in [0.1, 0.15) is 55.8 Å². The molecule has 0 saturated carbocycles. The normalized spacial score (nSPS) is 12.8. The summed E-state index contributed by atoms with van der Waals surface area (Å²) in [5.74, 6) is 2.07. The van der Waals surface area contributed by atoms with Crippen molar-refractivity contribution in [2.45, 2.75) is 57.0 Å². The molecule has 31 heavy (non-hydrogen) atoms. The van der Waals surface area contributed by atoms with E-state index >= 15 is 0 Å². The maximum atomic E-state index is 5.35. The zero-order valence-corrected chi connectivity index (χ0v) is 19.3. The molecule has 0 amide bonds. The highest BCUT2D eigenvalue weighted by Gasteiger charge is 2.22. The van der Waals surface area contributed by atoms with Crippen molar-refractivity contribution in [3.63, 3.8) is 0 Å². The van der Waals surface area contributed by atoms with Gasteiger partial charge in [0.2, 0.25) is 5.89 Å². The van der Waals surface area contributed by atoms with Crippen molar-refractivity contribution in [2.75, 3.05) is 0 Å². The zero-order valence-electron chi connectivity index (χ0n) is 18.5. The van der Waals surface area contributed by atoms with E-state index in [1.54, 1.807) is 11.8 Å². The third-order valence-electron chi connectivity index (χ3n) is 5.08. The molecule has 0 saturated heterocycles. The smallest absolute Gasteiger partial charge is 0.239 e. The molecule has 2 heterocycles. The lowest BCUT2D eigenvalue weighted by Crippen LogP contribution is -2.10. The molecule has 0 aliphatic heterocycles. The van der Waals surface area contributed by atoms with Crippen molar-refractivity contribution in [3.8, 4) is 11.4 Å². The van der Waals surface area contributed by atoms with Crippen molar-refractivity contribution in [1.82, 2.24) is 24.9 Å². The van der Waals surface area contributed by atoms with Crippen LogP contribution in [0.2, 0.25) is 0 Å². The van der Waals surface area contributed by atoms with Gasteiger partial charge in [-0.3, -0.25) is 4.57 Å². The fraction of sp³-hybridized carbons (Fsp3) is 0.333. The van der Waals surface area contributed by atoms with E-state index in [1.807, 2.05) is 32.0 Å². The Morgan fingerprint density at radius 3 is 2.32 bits per heavy atom. The van der Waals surface area contributed by atoms with Gasteiger partial charge in [-0.15, -0.1) is 10.2 Å². The van der Waals surface area contributed by atoms with E-state index in [9.17, 15) is 0 Å². The van der Waals surface area contributed by atoms with Crippen LogP contribution in [0.4, 0.5) is 0 Å². The molecule has 0 aliphatic rings. The second-order valence-electron chi connectivity index (χ2n) is 8.65. The molecule has 1 atom stereocenters. The fourth-order valence-corrected chi connectivity index (χ4v) is 4.18. The standard InChI is InChI=1S/C24H27N5OS/c1-16(22-25-17(2)28-30-22)31-23-27-26-21(29(23)15-18-9-7-6-8-10-18)19-11-13-20(14-12-19)24(3,4)5/h6-14,16H,15H2,1-5H3. The van der Waals surface area contributed by atoms with Crippen LogP contribution in [0.3, 0.4) is 0 Å². The van der Waals surface area contributed by atoms with Crippen LogP contribution in [0.25, 0.3) is 11.4 Å². The molecule has 1 unspecified atom stereocenters. The van der Waals surface area contributed by atoms with Crippen LogP contribution in [0.5, 0.6) is 0 Å². The summed E-state index contributed by atoms with van der Waals surface area (Å²) in [5, 5.41) is 13.8. The first kappa shape index (κ1) is 21.3. The predicted octanol–water partition coefficient (Wildman–Crippen LogP) is 5.84. The minimum atomic E-state index is -0.0314. The van der Waals surface area contributed by atoms with Gasteiger partial charge in [-0.05, 0) is 30.4 Å². The highest BCUT2D eigenvalue weighted by atomic mass is 32.2. The average molecular weight is 434 g/mol. The molecular formula is C24H27N5OS. The van der Waals surface area contributed by atoms with Gasteiger partial charge in [0.15, 0.2) is 16.8 Å². The van der Waals surface area contributed by atoms with Gasteiger partial charge in [-0.2, -0.15) is 4.98 Å². The van der Waals surface area contributed by atoms with E-state index in [-0.39, 0.29) is 10.7 Å².